The van der Waals surface area contributed by atoms with Crippen molar-refractivity contribution >= 4 is 29.1 Å². The third kappa shape index (κ3) is 30.0. The Bertz CT molecular complexity index is 1420. The van der Waals surface area contributed by atoms with Crippen molar-refractivity contribution < 1.29 is 19.1 Å². The van der Waals surface area contributed by atoms with Gasteiger partial charge in [-0.15, -0.1) is 0 Å². The first-order valence-electron chi connectivity index (χ1n) is 26.7. The topological polar surface area (TPSA) is 142 Å². The maximum atomic E-state index is 12.9. The molecule has 11 nitrogen and oxygen atoms in total. The summed E-state index contributed by atoms with van der Waals surface area (Å²) in [5.41, 5.74) is 0.562. The molecule has 1 unspecified atom stereocenters. The molecule has 1 atom stereocenters. The normalized spacial score (nSPS) is 12.2. The number of imidazole rings is 1. The Balaban J connectivity index is 1.70. The number of carbonyl (C=O) groups excluding carboxylic acids is 2. The summed E-state index contributed by atoms with van der Waals surface area (Å²) in [6.45, 7) is 12.7. The lowest BCUT2D eigenvalue weighted by molar-refractivity contribution is -0.150. The van der Waals surface area contributed by atoms with Crippen molar-refractivity contribution in [3.63, 3.8) is 0 Å². The number of anilines is 1. The SMILES string of the molecule is CCCCCCCCC(CC)OC(=O)CCCCCCCN(CCCCCCCC(=O)OC(CCCCCCCC)CCCCCCCC)CCCNc1nc2[nH]cnc2c(=O)[nH]1. The maximum absolute atomic E-state index is 12.9. The average Bonchev–Trinajstić information content (AvgIpc) is 3.76. The molecule has 11 heteroatoms. The van der Waals surface area contributed by atoms with Crippen LogP contribution >= 0.6 is 0 Å². The largest absolute Gasteiger partial charge is 0.462 e. The van der Waals surface area contributed by atoms with Crippen LogP contribution < -0.4 is 10.9 Å². The number of ether oxygens (including phenoxy) is 2. The van der Waals surface area contributed by atoms with E-state index in [0.717, 1.165) is 122 Å². The molecule has 0 amide bonds. The molecule has 2 aromatic rings. The lowest BCUT2D eigenvalue weighted by Gasteiger charge is -2.22. The Labute approximate surface area is 384 Å². The summed E-state index contributed by atoms with van der Waals surface area (Å²) >= 11 is 0. The Hall–Kier alpha value is -2.95. The minimum absolute atomic E-state index is 0.00405. The van der Waals surface area contributed by atoms with Gasteiger partial charge in [0.1, 0.15) is 12.2 Å². The Morgan fingerprint density at radius 2 is 1.00 bits per heavy atom. The Morgan fingerprint density at radius 3 is 1.51 bits per heavy atom. The summed E-state index contributed by atoms with van der Waals surface area (Å²) in [6.07, 6.45) is 41.2. The molecule has 0 saturated heterocycles. The van der Waals surface area contributed by atoms with Crippen LogP contribution in [0.3, 0.4) is 0 Å². The second kappa shape index (κ2) is 39.4. The predicted octanol–water partition coefficient (Wildman–Crippen LogP) is 13.9. The second-order valence-electron chi connectivity index (χ2n) is 18.5. The van der Waals surface area contributed by atoms with Gasteiger partial charge < -0.3 is 24.7 Å². The molecule has 0 aliphatic carbocycles. The van der Waals surface area contributed by atoms with Crippen molar-refractivity contribution in [1.82, 2.24) is 24.8 Å². The van der Waals surface area contributed by atoms with Gasteiger partial charge in [0.2, 0.25) is 5.95 Å². The van der Waals surface area contributed by atoms with Crippen molar-refractivity contribution in [2.45, 2.75) is 265 Å². The first-order valence-corrected chi connectivity index (χ1v) is 26.7. The maximum Gasteiger partial charge on any atom is 0.306 e. The van der Waals surface area contributed by atoms with Crippen LogP contribution in [0, 0.1) is 0 Å². The summed E-state index contributed by atoms with van der Waals surface area (Å²) in [6, 6.07) is 0. The van der Waals surface area contributed by atoms with Crippen molar-refractivity contribution in [2.75, 3.05) is 31.5 Å². The third-order valence-electron chi connectivity index (χ3n) is 12.6. The minimum atomic E-state index is -0.246. The van der Waals surface area contributed by atoms with Gasteiger partial charge in [0.25, 0.3) is 5.56 Å². The average molecular weight is 885 g/mol. The monoisotopic (exact) mass is 885 g/mol. The highest BCUT2D eigenvalue weighted by Gasteiger charge is 2.15. The first-order chi connectivity index (χ1) is 30.9. The molecule has 0 spiro atoms. The number of carbonyl (C=O) groups is 2. The van der Waals surface area contributed by atoms with Gasteiger partial charge in [0.05, 0.1) is 6.33 Å². The van der Waals surface area contributed by atoms with E-state index >= 15 is 0 Å². The van der Waals surface area contributed by atoms with Crippen LogP contribution in [-0.4, -0.2) is 75.2 Å². The molecule has 2 heterocycles. The molecule has 3 N–H and O–H groups in total. The van der Waals surface area contributed by atoms with E-state index in [2.05, 4.69) is 57.8 Å². The van der Waals surface area contributed by atoms with Gasteiger partial charge in [-0.25, -0.2) is 4.98 Å². The number of aromatic amines is 2. The van der Waals surface area contributed by atoms with Gasteiger partial charge in [-0.1, -0.05) is 163 Å². The summed E-state index contributed by atoms with van der Waals surface area (Å²) in [4.78, 5) is 54.5. The van der Waals surface area contributed by atoms with Crippen molar-refractivity contribution in [1.29, 1.82) is 0 Å². The summed E-state index contributed by atoms with van der Waals surface area (Å²) in [5, 5.41) is 3.29. The smallest absolute Gasteiger partial charge is 0.306 e. The number of H-pyrrole nitrogens is 2. The van der Waals surface area contributed by atoms with Gasteiger partial charge in [-0.2, -0.15) is 4.98 Å². The first kappa shape index (κ1) is 56.2. The van der Waals surface area contributed by atoms with E-state index in [9.17, 15) is 14.4 Å². The van der Waals surface area contributed by atoms with E-state index < -0.39 is 0 Å². The highest BCUT2D eigenvalue weighted by molar-refractivity contribution is 5.70. The zero-order chi connectivity index (χ0) is 45.4. The second-order valence-corrected chi connectivity index (χ2v) is 18.5. The van der Waals surface area contributed by atoms with Crippen LogP contribution in [0.1, 0.15) is 252 Å². The fraction of sp³-hybridized carbons (Fsp3) is 0.865. The number of esters is 2. The molecular formula is C52H96N6O5. The van der Waals surface area contributed by atoms with Crippen LogP contribution in [0.4, 0.5) is 5.95 Å². The number of hydrogen-bond acceptors (Lipinski definition) is 9. The zero-order valence-corrected chi connectivity index (χ0v) is 41.2. The molecule has 63 heavy (non-hydrogen) atoms. The fourth-order valence-corrected chi connectivity index (χ4v) is 8.60. The van der Waals surface area contributed by atoms with Crippen molar-refractivity contribution in [2.24, 2.45) is 0 Å². The number of unbranched alkanes of at least 4 members (excludes halogenated alkanes) is 23. The number of aromatic nitrogens is 4. The number of rotatable bonds is 45. The van der Waals surface area contributed by atoms with Gasteiger partial charge in [-0.05, 0) is 96.7 Å². The van der Waals surface area contributed by atoms with Gasteiger partial charge in [-0.3, -0.25) is 19.4 Å². The van der Waals surface area contributed by atoms with Crippen LogP contribution in [0.5, 0.6) is 0 Å². The lowest BCUT2D eigenvalue weighted by atomic mass is 10.0. The quantitative estimate of drug-likeness (QED) is 0.0437. The van der Waals surface area contributed by atoms with E-state index in [-0.39, 0.29) is 29.7 Å². The lowest BCUT2D eigenvalue weighted by Crippen LogP contribution is -2.28. The van der Waals surface area contributed by atoms with Gasteiger partial charge >= 0.3 is 11.9 Å². The third-order valence-corrected chi connectivity index (χ3v) is 12.6. The molecule has 0 aromatic carbocycles. The molecule has 0 aliphatic rings. The molecule has 364 valence electrons. The highest BCUT2D eigenvalue weighted by Crippen LogP contribution is 2.19. The molecule has 0 fully saturated rings. The van der Waals surface area contributed by atoms with E-state index in [0.29, 0.717) is 36.5 Å². The molecule has 0 bridgehead atoms. The summed E-state index contributed by atoms with van der Waals surface area (Å²) in [7, 11) is 0. The molecule has 0 saturated carbocycles. The van der Waals surface area contributed by atoms with Gasteiger partial charge in [0.15, 0.2) is 11.2 Å². The predicted molar refractivity (Wildman–Crippen MR) is 263 cm³/mol. The van der Waals surface area contributed by atoms with E-state index in [1.807, 2.05) is 0 Å². The molecular weight excluding hydrogens is 789 g/mol. The fourth-order valence-electron chi connectivity index (χ4n) is 8.60. The molecule has 0 radical (unpaired) electrons. The Kier molecular flexibility index (Phi) is 35.2. The van der Waals surface area contributed by atoms with Crippen LogP contribution in [0.15, 0.2) is 11.1 Å². The van der Waals surface area contributed by atoms with Gasteiger partial charge in [0, 0.05) is 19.4 Å². The van der Waals surface area contributed by atoms with E-state index in [1.165, 1.54) is 115 Å². The van der Waals surface area contributed by atoms with Crippen LogP contribution in [0.25, 0.3) is 11.2 Å². The van der Waals surface area contributed by atoms with Crippen LogP contribution in [0.2, 0.25) is 0 Å². The number of fused-ring (bicyclic) bond motifs is 1. The summed E-state index contributed by atoms with van der Waals surface area (Å²) < 4.78 is 11.9. The van der Waals surface area contributed by atoms with Crippen molar-refractivity contribution in [3.05, 3.63) is 16.7 Å². The molecule has 2 rings (SSSR count). The number of nitrogens with one attached hydrogen (secondary N) is 3. The van der Waals surface area contributed by atoms with E-state index in [4.69, 9.17) is 9.47 Å². The van der Waals surface area contributed by atoms with E-state index in [1.54, 1.807) is 0 Å². The minimum Gasteiger partial charge on any atom is -0.462 e. The summed E-state index contributed by atoms with van der Waals surface area (Å²) in [5.74, 6) is 0.442. The van der Waals surface area contributed by atoms with Crippen molar-refractivity contribution in [3.8, 4) is 0 Å². The van der Waals surface area contributed by atoms with Crippen LogP contribution in [-0.2, 0) is 19.1 Å². The standard InChI is InChI=1S/C52H96N6O5/c1-5-9-12-15-20-27-35-45(8-4)62-47(59)38-30-23-18-25-32-41-58(43-34-40-53-52-56-50-49(51(61)57-52)54-44-55-50)42-33-26-19-24-31-39-48(60)63-46(36-28-21-16-13-10-6-2)37-29-22-17-14-11-7-3/h44-46H,5-43H2,1-4H3,(H3,53,54,55,56,57,61). The Morgan fingerprint density at radius 1 is 0.571 bits per heavy atom. The molecule has 0 aliphatic heterocycles. The number of nitrogens with zero attached hydrogens (tertiary/aromatic N) is 3. The number of hydrogen-bond donors (Lipinski definition) is 3. The molecule has 2 aromatic heterocycles. The zero-order valence-electron chi connectivity index (χ0n) is 41.2. The highest BCUT2D eigenvalue weighted by atomic mass is 16.5.